The second kappa shape index (κ2) is 5.92. The second-order valence-electron chi connectivity index (χ2n) is 4.28. The van der Waals surface area contributed by atoms with Gasteiger partial charge in [-0.1, -0.05) is 18.9 Å². The Morgan fingerprint density at radius 3 is 2.93 bits per heavy atom. The Bertz CT molecular complexity index is 265. The van der Waals surface area contributed by atoms with Gasteiger partial charge in [-0.15, -0.1) is 11.3 Å². The van der Waals surface area contributed by atoms with Gasteiger partial charge < -0.3 is 5.73 Å². The first kappa shape index (κ1) is 11.5. The Hall–Kier alpha value is 0.01000. The predicted molar refractivity (Wildman–Crippen MR) is 70.7 cm³/mol. The standard InChI is InChI=1S/C12H19NS2/c13-10(8-12-6-3-7-14-12)9-15-11-4-1-2-5-11/h3,6-7,10-11H,1-2,4-5,8-9,13H2. The van der Waals surface area contributed by atoms with E-state index in [4.69, 9.17) is 5.73 Å². The monoisotopic (exact) mass is 241 g/mol. The summed E-state index contributed by atoms with van der Waals surface area (Å²) in [7, 11) is 0. The Kier molecular flexibility index (Phi) is 4.54. The first-order valence-corrected chi connectivity index (χ1v) is 7.67. The zero-order valence-corrected chi connectivity index (χ0v) is 10.7. The molecule has 0 bridgehead atoms. The topological polar surface area (TPSA) is 26.0 Å². The lowest BCUT2D eigenvalue weighted by Gasteiger charge is -2.13. The van der Waals surface area contributed by atoms with Gasteiger partial charge in [0.25, 0.3) is 0 Å². The lowest BCUT2D eigenvalue weighted by Crippen LogP contribution is -2.26. The molecule has 0 amide bonds. The molecule has 15 heavy (non-hydrogen) atoms. The Morgan fingerprint density at radius 1 is 1.47 bits per heavy atom. The minimum Gasteiger partial charge on any atom is -0.327 e. The van der Waals surface area contributed by atoms with Crippen LogP contribution >= 0.6 is 23.1 Å². The fourth-order valence-corrected chi connectivity index (χ4v) is 4.16. The third-order valence-corrected chi connectivity index (χ3v) is 5.35. The van der Waals surface area contributed by atoms with Gasteiger partial charge in [0, 0.05) is 21.9 Å². The fourth-order valence-electron chi connectivity index (χ4n) is 2.06. The SMILES string of the molecule is NC(CSC1CCCC1)Cc1cccs1. The largest absolute Gasteiger partial charge is 0.327 e. The average Bonchev–Trinajstić information content (AvgIpc) is 2.86. The molecule has 1 aliphatic carbocycles. The van der Waals surface area contributed by atoms with E-state index in [9.17, 15) is 0 Å². The molecule has 0 saturated heterocycles. The lowest BCUT2D eigenvalue weighted by atomic mass is 10.2. The van der Waals surface area contributed by atoms with Crippen molar-refractivity contribution in [2.75, 3.05) is 5.75 Å². The van der Waals surface area contributed by atoms with Crippen molar-refractivity contribution in [3.8, 4) is 0 Å². The maximum atomic E-state index is 6.13. The Morgan fingerprint density at radius 2 is 2.27 bits per heavy atom. The van der Waals surface area contributed by atoms with Crippen LogP contribution in [0.3, 0.4) is 0 Å². The number of hydrogen-bond acceptors (Lipinski definition) is 3. The highest BCUT2D eigenvalue weighted by Crippen LogP contribution is 2.29. The van der Waals surface area contributed by atoms with Crippen molar-refractivity contribution >= 4 is 23.1 Å². The van der Waals surface area contributed by atoms with Crippen molar-refractivity contribution in [3.05, 3.63) is 22.4 Å². The van der Waals surface area contributed by atoms with E-state index >= 15 is 0 Å². The molecule has 2 N–H and O–H groups in total. The van der Waals surface area contributed by atoms with E-state index in [1.807, 2.05) is 11.3 Å². The first-order valence-electron chi connectivity index (χ1n) is 5.74. The van der Waals surface area contributed by atoms with Gasteiger partial charge in [-0.25, -0.2) is 0 Å². The second-order valence-corrected chi connectivity index (χ2v) is 6.65. The zero-order chi connectivity index (χ0) is 10.5. The van der Waals surface area contributed by atoms with Crippen molar-refractivity contribution in [1.82, 2.24) is 0 Å². The third kappa shape index (κ3) is 3.82. The molecular weight excluding hydrogens is 222 g/mol. The number of thiophene rings is 1. The smallest absolute Gasteiger partial charge is 0.0179 e. The molecule has 1 aliphatic rings. The number of rotatable bonds is 5. The summed E-state index contributed by atoms with van der Waals surface area (Å²) in [6.07, 6.45) is 6.74. The van der Waals surface area contributed by atoms with Gasteiger partial charge in [0.1, 0.15) is 0 Å². The van der Waals surface area contributed by atoms with Gasteiger partial charge in [-0.05, 0) is 30.7 Å². The highest BCUT2D eigenvalue weighted by atomic mass is 32.2. The summed E-state index contributed by atoms with van der Waals surface area (Å²) in [5.74, 6) is 1.13. The molecule has 0 spiro atoms. The van der Waals surface area contributed by atoms with E-state index in [1.54, 1.807) is 0 Å². The molecule has 1 nitrogen and oxygen atoms in total. The summed E-state index contributed by atoms with van der Waals surface area (Å²) >= 11 is 3.91. The van der Waals surface area contributed by atoms with Crippen molar-refractivity contribution < 1.29 is 0 Å². The van der Waals surface area contributed by atoms with Crippen LogP contribution in [-0.4, -0.2) is 17.0 Å². The predicted octanol–water partition coefficient (Wildman–Crippen LogP) is 3.29. The summed E-state index contributed by atoms with van der Waals surface area (Å²) in [6, 6.07) is 4.64. The molecule has 1 aromatic rings. The van der Waals surface area contributed by atoms with Crippen LogP contribution in [0.4, 0.5) is 0 Å². The minimum atomic E-state index is 0.342. The van der Waals surface area contributed by atoms with Gasteiger partial charge in [-0.3, -0.25) is 0 Å². The van der Waals surface area contributed by atoms with Crippen LogP contribution in [0.2, 0.25) is 0 Å². The molecule has 3 heteroatoms. The van der Waals surface area contributed by atoms with Gasteiger partial charge in [0.2, 0.25) is 0 Å². The van der Waals surface area contributed by atoms with Gasteiger partial charge in [-0.2, -0.15) is 11.8 Å². The molecule has 1 unspecified atom stereocenters. The van der Waals surface area contributed by atoms with Crippen molar-refractivity contribution in [2.24, 2.45) is 5.73 Å². The molecule has 1 saturated carbocycles. The van der Waals surface area contributed by atoms with E-state index < -0.39 is 0 Å². The molecule has 0 radical (unpaired) electrons. The van der Waals surface area contributed by atoms with Gasteiger partial charge >= 0.3 is 0 Å². The van der Waals surface area contributed by atoms with Crippen LogP contribution < -0.4 is 5.73 Å². The number of thioether (sulfide) groups is 1. The molecule has 2 rings (SSSR count). The highest BCUT2D eigenvalue weighted by molar-refractivity contribution is 7.99. The molecule has 0 aromatic carbocycles. The average molecular weight is 241 g/mol. The fraction of sp³-hybridized carbons (Fsp3) is 0.667. The molecule has 1 aromatic heterocycles. The zero-order valence-electron chi connectivity index (χ0n) is 9.02. The molecular formula is C12H19NS2. The third-order valence-electron chi connectivity index (χ3n) is 2.89. The Labute approximate surface area is 100 Å². The van der Waals surface area contributed by atoms with E-state index in [0.717, 1.165) is 17.4 Å². The summed E-state index contributed by atoms with van der Waals surface area (Å²) in [5.41, 5.74) is 6.13. The van der Waals surface area contributed by atoms with Crippen LogP contribution in [0, 0.1) is 0 Å². The molecule has 84 valence electrons. The van der Waals surface area contributed by atoms with Crippen LogP contribution in [0.5, 0.6) is 0 Å². The van der Waals surface area contributed by atoms with Crippen LogP contribution in [0.15, 0.2) is 17.5 Å². The molecule has 1 atom stereocenters. The maximum absolute atomic E-state index is 6.13. The van der Waals surface area contributed by atoms with E-state index in [0.29, 0.717) is 6.04 Å². The first-order chi connectivity index (χ1) is 7.34. The quantitative estimate of drug-likeness (QED) is 0.856. The van der Waals surface area contributed by atoms with Crippen LogP contribution in [0.25, 0.3) is 0 Å². The van der Waals surface area contributed by atoms with Crippen molar-refractivity contribution in [2.45, 2.75) is 43.4 Å². The van der Waals surface area contributed by atoms with Crippen LogP contribution in [0.1, 0.15) is 30.6 Å². The van der Waals surface area contributed by atoms with Crippen LogP contribution in [-0.2, 0) is 6.42 Å². The van der Waals surface area contributed by atoms with Crippen molar-refractivity contribution in [1.29, 1.82) is 0 Å². The summed E-state index contributed by atoms with van der Waals surface area (Å²) in [5, 5.41) is 3.03. The summed E-state index contributed by atoms with van der Waals surface area (Å²) in [4.78, 5) is 1.43. The normalized spacial score (nSPS) is 19.5. The molecule has 1 fully saturated rings. The minimum absolute atomic E-state index is 0.342. The summed E-state index contributed by atoms with van der Waals surface area (Å²) < 4.78 is 0. The molecule has 0 aliphatic heterocycles. The molecule has 1 heterocycles. The maximum Gasteiger partial charge on any atom is 0.0179 e. The number of nitrogens with two attached hydrogens (primary N) is 1. The van der Waals surface area contributed by atoms with E-state index in [1.165, 1.54) is 30.6 Å². The highest BCUT2D eigenvalue weighted by Gasteiger charge is 2.16. The van der Waals surface area contributed by atoms with Gasteiger partial charge in [0.15, 0.2) is 0 Å². The van der Waals surface area contributed by atoms with Gasteiger partial charge in [0.05, 0.1) is 0 Å². The summed E-state index contributed by atoms with van der Waals surface area (Å²) in [6.45, 7) is 0. The van der Waals surface area contributed by atoms with E-state index in [2.05, 4.69) is 29.3 Å². The lowest BCUT2D eigenvalue weighted by molar-refractivity contribution is 0.753. The number of hydrogen-bond donors (Lipinski definition) is 1. The van der Waals surface area contributed by atoms with Crippen molar-refractivity contribution in [3.63, 3.8) is 0 Å². The Balaban J connectivity index is 1.66. The van der Waals surface area contributed by atoms with E-state index in [-0.39, 0.29) is 0 Å².